The van der Waals surface area contributed by atoms with Gasteiger partial charge in [-0.1, -0.05) is 6.07 Å². The third-order valence-corrected chi connectivity index (χ3v) is 5.34. The second-order valence-corrected chi connectivity index (χ2v) is 7.38. The van der Waals surface area contributed by atoms with Gasteiger partial charge in [0.2, 0.25) is 0 Å². The Balaban J connectivity index is 1.88. The van der Waals surface area contributed by atoms with Crippen molar-refractivity contribution in [1.82, 2.24) is 0 Å². The van der Waals surface area contributed by atoms with E-state index >= 15 is 0 Å². The number of fused-ring (bicyclic) bond motifs is 1. The first kappa shape index (κ1) is 16.6. The molecule has 0 saturated heterocycles. The molecule has 0 spiro atoms. The lowest BCUT2D eigenvalue weighted by molar-refractivity contribution is 0.297. The van der Waals surface area contributed by atoms with Crippen molar-refractivity contribution in [3.63, 3.8) is 0 Å². The van der Waals surface area contributed by atoms with Crippen LogP contribution in [0.3, 0.4) is 0 Å². The lowest BCUT2D eigenvalue weighted by Gasteiger charge is -2.10. The van der Waals surface area contributed by atoms with Crippen molar-refractivity contribution in [2.24, 2.45) is 0 Å². The van der Waals surface area contributed by atoms with Crippen molar-refractivity contribution in [1.29, 1.82) is 0 Å². The van der Waals surface area contributed by atoms with Crippen molar-refractivity contribution in [2.45, 2.75) is 17.1 Å². The molecule has 0 aliphatic carbocycles. The van der Waals surface area contributed by atoms with Crippen LogP contribution in [0.15, 0.2) is 41.3 Å². The molecule has 0 atom stereocenters. The van der Waals surface area contributed by atoms with Gasteiger partial charge in [0.25, 0.3) is 0 Å². The first-order valence-electron chi connectivity index (χ1n) is 7.44. The Morgan fingerprint density at radius 1 is 1.08 bits per heavy atom. The van der Waals surface area contributed by atoms with Gasteiger partial charge in [0.05, 0.1) is 31.0 Å². The van der Waals surface area contributed by atoms with Crippen LogP contribution in [0, 0.1) is 5.82 Å². The molecule has 128 valence electrons. The van der Waals surface area contributed by atoms with Gasteiger partial charge in [-0.15, -0.1) is 0 Å². The van der Waals surface area contributed by atoms with Gasteiger partial charge in [-0.3, -0.25) is 0 Å². The van der Waals surface area contributed by atoms with E-state index in [1.807, 2.05) is 0 Å². The number of ether oxygens (including phenoxy) is 3. The highest BCUT2D eigenvalue weighted by Crippen LogP contribution is 2.33. The molecule has 5 nitrogen and oxygen atoms in total. The van der Waals surface area contributed by atoms with Crippen LogP contribution < -0.4 is 14.2 Å². The summed E-state index contributed by atoms with van der Waals surface area (Å²) in [6.07, 6.45) is 0.738. The molecule has 1 aliphatic rings. The Morgan fingerprint density at radius 2 is 1.83 bits per heavy atom. The number of rotatable bonds is 4. The summed E-state index contributed by atoms with van der Waals surface area (Å²) >= 11 is 0. The molecule has 2 aromatic rings. The zero-order valence-electron chi connectivity index (χ0n) is 13.1. The monoisotopic (exact) mass is 352 g/mol. The summed E-state index contributed by atoms with van der Waals surface area (Å²) in [6.45, 7) is 1.00. The van der Waals surface area contributed by atoms with Gasteiger partial charge in [0.15, 0.2) is 32.9 Å². The normalized spacial score (nSPS) is 14.1. The van der Waals surface area contributed by atoms with Crippen LogP contribution in [-0.4, -0.2) is 28.7 Å². The second-order valence-electron chi connectivity index (χ2n) is 5.39. The molecule has 1 heterocycles. The predicted octanol–water partition coefficient (Wildman–Crippen LogP) is 2.97. The van der Waals surface area contributed by atoms with E-state index in [4.69, 9.17) is 14.2 Å². The fourth-order valence-corrected chi connectivity index (χ4v) is 3.79. The summed E-state index contributed by atoms with van der Waals surface area (Å²) in [5.41, 5.74) is 0.348. The van der Waals surface area contributed by atoms with Crippen LogP contribution >= 0.6 is 0 Å². The van der Waals surface area contributed by atoms with Crippen molar-refractivity contribution in [3.8, 4) is 17.2 Å². The van der Waals surface area contributed by atoms with Crippen molar-refractivity contribution < 1.29 is 27.0 Å². The van der Waals surface area contributed by atoms with E-state index in [0.717, 1.165) is 6.42 Å². The van der Waals surface area contributed by atoms with E-state index in [1.165, 1.54) is 37.4 Å². The molecule has 1 aliphatic heterocycles. The van der Waals surface area contributed by atoms with Crippen molar-refractivity contribution >= 4 is 9.84 Å². The highest BCUT2D eigenvalue weighted by molar-refractivity contribution is 7.90. The number of hydrogen-bond donors (Lipinski definition) is 0. The molecule has 0 bridgehead atoms. The maximum Gasteiger partial charge on any atom is 0.182 e. The molecule has 2 aromatic carbocycles. The topological polar surface area (TPSA) is 61.8 Å². The Bertz CT molecular complexity index is 848. The smallest absolute Gasteiger partial charge is 0.182 e. The van der Waals surface area contributed by atoms with Crippen LogP contribution in [-0.2, 0) is 15.6 Å². The minimum Gasteiger partial charge on any atom is -0.494 e. The molecular formula is C17H17FO5S. The molecule has 0 fully saturated rings. The number of hydrogen-bond acceptors (Lipinski definition) is 5. The summed E-state index contributed by atoms with van der Waals surface area (Å²) in [7, 11) is -2.28. The molecular weight excluding hydrogens is 335 g/mol. The summed E-state index contributed by atoms with van der Waals surface area (Å²) in [4.78, 5) is 0.114. The molecule has 0 amide bonds. The Hall–Kier alpha value is -2.28. The van der Waals surface area contributed by atoms with Crippen molar-refractivity contribution in [3.05, 3.63) is 47.8 Å². The molecule has 0 unspecified atom stereocenters. The van der Waals surface area contributed by atoms with Gasteiger partial charge in [0, 0.05) is 12.5 Å². The van der Waals surface area contributed by atoms with Gasteiger partial charge in [-0.25, -0.2) is 12.8 Å². The van der Waals surface area contributed by atoms with Crippen LogP contribution in [0.4, 0.5) is 4.39 Å². The number of sulfone groups is 1. The third kappa shape index (κ3) is 3.46. The molecule has 3 rings (SSSR count). The van der Waals surface area contributed by atoms with Gasteiger partial charge >= 0.3 is 0 Å². The van der Waals surface area contributed by atoms with Gasteiger partial charge in [-0.05, 0) is 29.8 Å². The Kier molecular flexibility index (Phi) is 4.62. The zero-order valence-corrected chi connectivity index (χ0v) is 13.9. The lowest BCUT2D eigenvalue weighted by atomic mass is 10.2. The first-order chi connectivity index (χ1) is 11.5. The largest absolute Gasteiger partial charge is 0.494 e. The fraction of sp³-hybridized carbons (Fsp3) is 0.294. The summed E-state index contributed by atoms with van der Waals surface area (Å²) in [6, 6.07) is 8.62. The van der Waals surface area contributed by atoms with Crippen LogP contribution in [0.5, 0.6) is 17.2 Å². The van der Waals surface area contributed by atoms with Gasteiger partial charge in [0.1, 0.15) is 0 Å². The quantitative estimate of drug-likeness (QED) is 0.847. The van der Waals surface area contributed by atoms with Crippen LogP contribution in [0.25, 0.3) is 0 Å². The van der Waals surface area contributed by atoms with E-state index in [-0.39, 0.29) is 16.4 Å². The summed E-state index contributed by atoms with van der Waals surface area (Å²) in [5, 5.41) is 0. The average molecular weight is 352 g/mol. The van der Waals surface area contributed by atoms with E-state index in [1.54, 1.807) is 6.07 Å². The highest BCUT2D eigenvalue weighted by atomic mass is 32.2. The number of methoxy groups -OCH3 is 1. The van der Waals surface area contributed by atoms with Crippen molar-refractivity contribution in [2.75, 3.05) is 20.3 Å². The fourth-order valence-electron chi connectivity index (χ4n) is 2.44. The van der Waals surface area contributed by atoms with Gasteiger partial charge < -0.3 is 14.2 Å². The Morgan fingerprint density at radius 3 is 2.54 bits per heavy atom. The zero-order chi connectivity index (χ0) is 17.2. The maximum absolute atomic E-state index is 13.7. The molecule has 24 heavy (non-hydrogen) atoms. The SMILES string of the molecule is COc1ccc(CS(=O)(=O)c2ccc3c(c2)OCCCO3)cc1F. The highest BCUT2D eigenvalue weighted by Gasteiger charge is 2.20. The van der Waals surface area contributed by atoms with E-state index < -0.39 is 15.7 Å². The minimum absolute atomic E-state index is 0.0757. The number of benzene rings is 2. The van der Waals surface area contributed by atoms with E-state index in [2.05, 4.69) is 0 Å². The molecule has 0 radical (unpaired) electrons. The van der Waals surface area contributed by atoms with E-state index in [0.29, 0.717) is 30.3 Å². The maximum atomic E-state index is 13.7. The van der Waals surface area contributed by atoms with Gasteiger partial charge in [-0.2, -0.15) is 0 Å². The molecule has 0 N–H and O–H groups in total. The molecule has 0 saturated carbocycles. The summed E-state index contributed by atoms with van der Waals surface area (Å²) in [5.74, 6) is 0.111. The first-order valence-corrected chi connectivity index (χ1v) is 9.09. The number of halogens is 1. The second kappa shape index (κ2) is 6.68. The molecule has 7 heteroatoms. The third-order valence-electron chi connectivity index (χ3n) is 3.65. The Labute approximate surface area is 139 Å². The van der Waals surface area contributed by atoms with E-state index in [9.17, 15) is 12.8 Å². The summed E-state index contributed by atoms with van der Waals surface area (Å²) < 4.78 is 54.8. The molecule has 0 aromatic heterocycles. The van der Waals surface area contributed by atoms with Crippen LogP contribution in [0.2, 0.25) is 0 Å². The van der Waals surface area contributed by atoms with Crippen LogP contribution in [0.1, 0.15) is 12.0 Å². The minimum atomic E-state index is -3.64. The standard InChI is InChI=1S/C17H17FO5S/c1-21-15-5-3-12(9-14(15)18)11-24(19,20)13-4-6-16-17(10-13)23-8-2-7-22-16/h3-6,9-10H,2,7-8,11H2,1H3. The predicted molar refractivity (Wildman–Crippen MR) is 85.9 cm³/mol. The lowest BCUT2D eigenvalue weighted by Crippen LogP contribution is -2.06. The average Bonchev–Trinajstić information content (AvgIpc) is 2.79.